The average Bonchev–Trinajstić information content (AvgIpc) is 3.25. The average molecular weight is 409 g/mol. The smallest absolute Gasteiger partial charge is 0.291 e. The number of benzene rings is 2. The molecule has 148 valence electrons. The van der Waals surface area contributed by atoms with Gasteiger partial charge in [0.2, 0.25) is 0 Å². The molecule has 0 spiro atoms. The molecule has 4 rings (SSSR count). The van der Waals surface area contributed by atoms with Crippen LogP contribution in [0.1, 0.15) is 40.2 Å². The summed E-state index contributed by atoms with van der Waals surface area (Å²) < 4.78 is 5.71. The van der Waals surface area contributed by atoms with Gasteiger partial charge in [0.25, 0.3) is 11.8 Å². The zero-order valence-electron chi connectivity index (χ0n) is 15.9. The first-order valence-corrected chi connectivity index (χ1v) is 10.1. The number of furan rings is 1. The first kappa shape index (κ1) is 19.3. The Bertz CT molecular complexity index is 1040. The SMILES string of the molecule is O=C(Nc1ccccc1C(=O)N1CCCCC1)c1ccc(-c2ccccc2Cl)o1. The highest BCUT2D eigenvalue weighted by Crippen LogP contribution is 2.29. The molecule has 29 heavy (non-hydrogen) atoms. The van der Waals surface area contributed by atoms with Crippen LogP contribution in [-0.2, 0) is 0 Å². The second kappa shape index (κ2) is 8.53. The van der Waals surface area contributed by atoms with Gasteiger partial charge in [-0.2, -0.15) is 0 Å². The quantitative estimate of drug-likeness (QED) is 0.621. The first-order valence-electron chi connectivity index (χ1n) is 9.68. The lowest BCUT2D eigenvalue weighted by Gasteiger charge is -2.27. The Balaban J connectivity index is 1.54. The Morgan fingerprint density at radius 2 is 1.62 bits per heavy atom. The molecule has 2 heterocycles. The van der Waals surface area contributed by atoms with E-state index in [4.69, 9.17) is 16.0 Å². The molecule has 6 heteroatoms. The van der Waals surface area contributed by atoms with Gasteiger partial charge in [0.05, 0.1) is 16.3 Å². The van der Waals surface area contributed by atoms with Crippen molar-refractivity contribution in [3.63, 3.8) is 0 Å². The van der Waals surface area contributed by atoms with Gasteiger partial charge in [-0.25, -0.2) is 0 Å². The minimum Gasteiger partial charge on any atom is -0.451 e. The molecule has 1 aliphatic rings. The number of carbonyl (C=O) groups excluding carboxylic acids is 2. The fraction of sp³-hybridized carbons (Fsp3) is 0.217. The zero-order chi connectivity index (χ0) is 20.2. The monoisotopic (exact) mass is 408 g/mol. The third-order valence-electron chi connectivity index (χ3n) is 5.02. The van der Waals surface area contributed by atoms with E-state index in [1.165, 1.54) is 0 Å². The van der Waals surface area contributed by atoms with Gasteiger partial charge >= 0.3 is 0 Å². The maximum Gasteiger partial charge on any atom is 0.291 e. The Labute approximate surface area is 174 Å². The fourth-order valence-electron chi connectivity index (χ4n) is 3.50. The molecule has 1 saturated heterocycles. The van der Waals surface area contributed by atoms with Crippen LogP contribution in [0.4, 0.5) is 5.69 Å². The Morgan fingerprint density at radius 3 is 2.41 bits per heavy atom. The van der Waals surface area contributed by atoms with Crippen molar-refractivity contribution in [2.45, 2.75) is 19.3 Å². The molecule has 0 bridgehead atoms. The molecule has 1 aromatic heterocycles. The summed E-state index contributed by atoms with van der Waals surface area (Å²) in [6.45, 7) is 1.50. The van der Waals surface area contributed by atoms with Crippen molar-refractivity contribution in [2.24, 2.45) is 0 Å². The molecule has 0 saturated carbocycles. The minimum atomic E-state index is -0.415. The van der Waals surface area contributed by atoms with Crippen molar-refractivity contribution >= 4 is 29.1 Å². The molecule has 5 nitrogen and oxygen atoms in total. The Morgan fingerprint density at radius 1 is 0.897 bits per heavy atom. The molecule has 0 radical (unpaired) electrons. The predicted molar refractivity (Wildman–Crippen MR) is 113 cm³/mol. The number of anilines is 1. The molecule has 3 aromatic rings. The predicted octanol–water partition coefficient (Wildman–Crippen LogP) is 5.48. The number of nitrogens with one attached hydrogen (secondary N) is 1. The zero-order valence-corrected chi connectivity index (χ0v) is 16.6. The Hall–Kier alpha value is -3.05. The summed E-state index contributed by atoms with van der Waals surface area (Å²) in [5, 5.41) is 3.36. The van der Waals surface area contributed by atoms with E-state index < -0.39 is 5.91 Å². The summed E-state index contributed by atoms with van der Waals surface area (Å²) in [6.07, 6.45) is 3.17. The number of hydrogen-bond acceptors (Lipinski definition) is 3. The van der Waals surface area contributed by atoms with Crippen LogP contribution < -0.4 is 5.32 Å². The Kier molecular flexibility index (Phi) is 5.67. The third kappa shape index (κ3) is 4.20. The number of amides is 2. The van der Waals surface area contributed by atoms with Gasteiger partial charge in [0.15, 0.2) is 5.76 Å². The number of carbonyl (C=O) groups is 2. The van der Waals surface area contributed by atoms with Crippen molar-refractivity contribution in [1.29, 1.82) is 0 Å². The van der Waals surface area contributed by atoms with Crippen molar-refractivity contribution in [2.75, 3.05) is 18.4 Å². The maximum atomic E-state index is 12.9. The number of nitrogens with zero attached hydrogens (tertiary/aromatic N) is 1. The van der Waals surface area contributed by atoms with E-state index in [1.807, 2.05) is 23.1 Å². The van der Waals surface area contributed by atoms with Crippen LogP contribution in [0.5, 0.6) is 0 Å². The van der Waals surface area contributed by atoms with Gasteiger partial charge in [-0.1, -0.05) is 35.9 Å². The molecule has 0 aliphatic carbocycles. The number of likely N-dealkylation sites (tertiary alicyclic amines) is 1. The lowest BCUT2D eigenvalue weighted by Crippen LogP contribution is -2.36. The van der Waals surface area contributed by atoms with E-state index in [0.29, 0.717) is 27.6 Å². The van der Waals surface area contributed by atoms with Gasteiger partial charge < -0.3 is 14.6 Å². The molecule has 1 N–H and O–H groups in total. The fourth-order valence-corrected chi connectivity index (χ4v) is 3.72. The van der Waals surface area contributed by atoms with E-state index in [9.17, 15) is 9.59 Å². The van der Waals surface area contributed by atoms with E-state index in [0.717, 1.165) is 32.4 Å². The van der Waals surface area contributed by atoms with Crippen molar-refractivity contribution in [3.8, 4) is 11.3 Å². The summed E-state index contributed by atoms with van der Waals surface area (Å²) in [5.74, 6) is 0.192. The van der Waals surface area contributed by atoms with E-state index in [2.05, 4.69) is 5.32 Å². The lowest BCUT2D eigenvalue weighted by atomic mass is 10.1. The summed E-state index contributed by atoms with van der Waals surface area (Å²) >= 11 is 6.20. The minimum absolute atomic E-state index is 0.0585. The molecular weight excluding hydrogens is 388 g/mol. The number of para-hydroxylation sites is 1. The second-order valence-electron chi connectivity index (χ2n) is 7.00. The number of halogens is 1. The molecule has 0 atom stereocenters. The summed E-state index contributed by atoms with van der Waals surface area (Å²) in [6, 6.07) is 17.7. The lowest BCUT2D eigenvalue weighted by molar-refractivity contribution is 0.0725. The van der Waals surface area contributed by atoms with Crippen LogP contribution in [0.2, 0.25) is 5.02 Å². The van der Waals surface area contributed by atoms with Crippen LogP contribution in [0.15, 0.2) is 65.1 Å². The third-order valence-corrected chi connectivity index (χ3v) is 5.35. The number of piperidine rings is 1. The van der Waals surface area contributed by atoms with Crippen LogP contribution in [-0.4, -0.2) is 29.8 Å². The highest BCUT2D eigenvalue weighted by atomic mass is 35.5. The van der Waals surface area contributed by atoms with Crippen LogP contribution in [0.25, 0.3) is 11.3 Å². The van der Waals surface area contributed by atoms with Crippen molar-refractivity contribution in [1.82, 2.24) is 4.90 Å². The van der Waals surface area contributed by atoms with Gasteiger partial charge in [0, 0.05) is 18.7 Å². The first-order chi connectivity index (χ1) is 14.1. The van der Waals surface area contributed by atoms with Gasteiger partial charge in [0.1, 0.15) is 5.76 Å². The molecular formula is C23H21ClN2O3. The summed E-state index contributed by atoms with van der Waals surface area (Å²) in [7, 11) is 0. The highest BCUT2D eigenvalue weighted by Gasteiger charge is 2.22. The van der Waals surface area contributed by atoms with Crippen LogP contribution in [0.3, 0.4) is 0 Å². The largest absolute Gasteiger partial charge is 0.451 e. The molecule has 2 aromatic carbocycles. The maximum absolute atomic E-state index is 12.9. The molecule has 0 unspecified atom stereocenters. The van der Waals surface area contributed by atoms with Gasteiger partial charge in [-0.15, -0.1) is 0 Å². The second-order valence-corrected chi connectivity index (χ2v) is 7.40. The van der Waals surface area contributed by atoms with Gasteiger partial charge in [-0.3, -0.25) is 9.59 Å². The van der Waals surface area contributed by atoms with Gasteiger partial charge in [-0.05, 0) is 55.7 Å². The van der Waals surface area contributed by atoms with E-state index in [-0.39, 0.29) is 11.7 Å². The summed E-state index contributed by atoms with van der Waals surface area (Å²) in [4.78, 5) is 27.5. The number of hydrogen-bond donors (Lipinski definition) is 1. The van der Waals surface area contributed by atoms with Crippen molar-refractivity contribution < 1.29 is 14.0 Å². The van der Waals surface area contributed by atoms with Crippen molar-refractivity contribution in [3.05, 3.63) is 77.0 Å². The highest BCUT2D eigenvalue weighted by molar-refractivity contribution is 6.33. The molecule has 2 amide bonds. The van der Waals surface area contributed by atoms with Crippen LogP contribution in [0, 0.1) is 0 Å². The normalized spacial score (nSPS) is 13.9. The van der Waals surface area contributed by atoms with Crippen LogP contribution >= 0.6 is 11.6 Å². The number of rotatable bonds is 4. The molecule has 1 aliphatic heterocycles. The summed E-state index contributed by atoms with van der Waals surface area (Å²) in [5.41, 5.74) is 1.68. The van der Waals surface area contributed by atoms with E-state index >= 15 is 0 Å². The van der Waals surface area contributed by atoms with E-state index in [1.54, 1.807) is 42.5 Å². The molecule has 1 fully saturated rings. The topological polar surface area (TPSA) is 62.6 Å². The standard InChI is InChI=1S/C23H21ClN2O3/c24-18-10-4-2-8-16(18)20-12-13-21(29-20)22(27)25-19-11-5-3-9-17(19)23(28)26-14-6-1-7-15-26/h2-5,8-13H,1,6-7,14-15H2,(H,25,27).